The fourth-order valence-electron chi connectivity index (χ4n) is 1.58. The molecule has 1 aromatic carbocycles. The van der Waals surface area contributed by atoms with Crippen molar-refractivity contribution in [3.05, 3.63) is 35.0 Å². The summed E-state index contributed by atoms with van der Waals surface area (Å²) in [6.07, 6.45) is 0. The molecule has 2 rings (SSSR count). The Labute approximate surface area is 126 Å². The lowest BCUT2D eigenvalue weighted by atomic mass is 10.2. The molecule has 2 aromatic rings. The summed E-state index contributed by atoms with van der Waals surface area (Å²) in [6, 6.07) is 5.54. The van der Waals surface area contributed by atoms with Crippen molar-refractivity contribution in [2.45, 2.75) is 13.8 Å². The van der Waals surface area contributed by atoms with Crippen LogP contribution in [0.15, 0.2) is 24.3 Å². The minimum Gasteiger partial charge on any atom is -0.382 e. The van der Waals surface area contributed by atoms with Crippen LogP contribution in [0.1, 0.15) is 23.5 Å². The Morgan fingerprint density at radius 3 is 2.67 bits per heavy atom. The van der Waals surface area contributed by atoms with Crippen molar-refractivity contribution >= 4 is 33.9 Å². The van der Waals surface area contributed by atoms with Gasteiger partial charge in [0.15, 0.2) is 5.13 Å². The van der Waals surface area contributed by atoms with Gasteiger partial charge in [0.1, 0.15) is 16.5 Å². The summed E-state index contributed by atoms with van der Waals surface area (Å²) < 4.78 is 12.8. The summed E-state index contributed by atoms with van der Waals surface area (Å²) in [5.74, 6) is -0.0582. The van der Waals surface area contributed by atoms with E-state index in [4.69, 9.17) is 5.73 Å². The number of nitrogens with one attached hydrogen (secondary N) is 2. The Balaban J connectivity index is 2.06. The van der Waals surface area contributed by atoms with E-state index in [1.54, 1.807) is 0 Å². The summed E-state index contributed by atoms with van der Waals surface area (Å²) >= 11 is 1.20. The molecule has 0 atom stereocenters. The zero-order valence-electron chi connectivity index (χ0n) is 11.8. The Morgan fingerprint density at radius 1 is 1.38 bits per heavy atom. The second-order valence-electron chi connectivity index (χ2n) is 4.97. The molecule has 112 valence electrons. The highest BCUT2D eigenvalue weighted by Crippen LogP contribution is 2.26. The molecule has 1 heterocycles. The van der Waals surface area contributed by atoms with Crippen LogP contribution >= 0.6 is 11.3 Å². The molecule has 1 amide bonds. The predicted octanol–water partition coefficient (Wildman–Crippen LogP) is 3.18. The molecule has 0 unspecified atom stereocenters. The van der Waals surface area contributed by atoms with Crippen LogP contribution in [-0.2, 0) is 0 Å². The fraction of sp³-hybridized carbons (Fsp3) is 0.286. The summed E-state index contributed by atoms with van der Waals surface area (Å²) in [5, 5.41) is 6.41. The number of carbonyl (C=O) groups excluding carboxylic acids is 1. The molecule has 4 N–H and O–H groups in total. The standard InChI is InChI=1S/C14H17FN4OS/c1-8(2)7-17-14-19-12(16)11(21-14)13(20)18-10-5-3-9(15)4-6-10/h3-6,8H,7,16H2,1-2H3,(H,17,19)(H,18,20). The van der Waals surface area contributed by atoms with Gasteiger partial charge in [0.05, 0.1) is 0 Å². The maximum absolute atomic E-state index is 12.8. The third-order valence-corrected chi connectivity index (χ3v) is 3.65. The van der Waals surface area contributed by atoms with E-state index in [0.717, 1.165) is 6.54 Å². The molecule has 0 aliphatic carbocycles. The number of nitrogen functional groups attached to an aromatic ring is 1. The monoisotopic (exact) mass is 308 g/mol. The minimum absolute atomic E-state index is 0.186. The van der Waals surface area contributed by atoms with E-state index in [2.05, 4.69) is 29.5 Å². The first-order valence-corrected chi connectivity index (χ1v) is 7.34. The zero-order valence-corrected chi connectivity index (χ0v) is 12.6. The van der Waals surface area contributed by atoms with Crippen molar-refractivity contribution in [3.8, 4) is 0 Å². The SMILES string of the molecule is CC(C)CNc1nc(N)c(C(=O)Nc2ccc(F)cc2)s1. The molecule has 0 aliphatic rings. The van der Waals surface area contributed by atoms with E-state index >= 15 is 0 Å². The highest BCUT2D eigenvalue weighted by molar-refractivity contribution is 7.18. The summed E-state index contributed by atoms with van der Waals surface area (Å²) in [4.78, 5) is 16.6. The second kappa shape index (κ2) is 6.53. The number of anilines is 3. The number of carbonyl (C=O) groups is 1. The molecule has 1 aromatic heterocycles. The summed E-state index contributed by atoms with van der Waals surface area (Å²) in [5.41, 5.74) is 6.27. The Kier molecular flexibility index (Phi) is 4.74. The largest absolute Gasteiger partial charge is 0.382 e. The smallest absolute Gasteiger partial charge is 0.269 e. The lowest BCUT2D eigenvalue weighted by Crippen LogP contribution is -2.12. The number of hydrogen-bond donors (Lipinski definition) is 3. The molecule has 7 heteroatoms. The van der Waals surface area contributed by atoms with Gasteiger partial charge in [-0.3, -0.25) is 4.79 Å². The molecule has 0 saturated carbocycles. The number of benzene rings is 1. The predicted molar refractivity (Wildman–Crippen MR) is 84.2 cm³/mol. The van der Waals surface area contributed by atoms with Gasteiger partial charge in [-0.1, -0.05) is 25.2 Å². The van der Waals surface area contributed by atoms with Crippen molar-refractivity contribution in [3.63, 3.8) is 0 Å². The average Bonchev–Trinajstić information content (AvgIpc) is 2.80. The van der Waals surface area contributed by atoms with Crippen molar-refractivity contribution in [1.82, 2.24) is 4.98 Å². The molecule has 0 radical (unpaired) electrons. The number of aromatic nitrogens is 1. The van der Waals surface area contributed by atoms with Gasteiger partial charge in [0.2, 0.25) is 0 Å². The molecule has 21 heavy (non-hydrogen) atoms. The summed E-state index contributed by atoms with van der Waals surface area (Å²) in [6.45, 7) is 4.91. The Hall–Kier alpha value is -2.15. The van der Waals surface area contributed by atoms with Crippen LogP contribution in [0.25, 0.3) is 0 Å². The lowest BCUT2D eigenvalue weighted by molar-refractivity contribution is 0.103. The first-order chi connectivity index (χ1) is 9.95. The number of rotatable bonds is 5. The van der Waals surface area contributed by atoms with E-state index in [0.29, 0.717) is 21.6 Å². The maximum Gasteiger partial charge on any atom is 0.269 e. The molecule has 0 fully saturated rings. The van der Waals surface area contributed by atoms with Crippen LogP contribution in [0.3, 0.4) is 0 Å². The van der Waals surface area contributed by atoms with Crippen LogP contribution < -0.4 is 16.4 Å². The first-order valence-electron chi connectivity index (χ1n) is 6.53. The number of nitrogens with zero attached hydrogens (tertiary/aromatic N) is 1. The van der Waals surface area contributed by atoms with Crippen LogP contribution in [0.4, 0.5) is 21.0 Å². The molecular formula is C14H17FN4OS. The molecule has 5 nitrogen and oxygen atoms in total. The Morgan fingerprint density at radius 2 is 2.05 bits per heavy atom. The quantitative estimate of drug-likeness (QED) is 0.792. The highest BCUT2D eigenvalue weighted by Gasteiger charge is 2.16. The van der Waals surface area contributed by atoms with Crippen molar-refractivity contribution in [2.75, 3.05) is 22.9 Å². The van der Waals surface area contributed by atoms with Gasteiger partial charge in [-0.15, -0.1) is 0 Å². The van der Waals surface area contributed by atoms with Crippen LogP contribution in [0.5, 0.6) is 0 Å². The van der Waals surface area contributed by atoms with E-state index in [-0.39, 0.29) is 17.5 Å². The van der Waals surface area contributed by atoms with Gasteiger partial charge in [-0.25, -0.2) is 9.37 Å². The van der Waals surface area contributed by atoms with E-state index in [9.17, 15) is 9.18 Å². The van der Waals surface area contributed by atoms with Crippen molar-refractivity contribution < 1.29 is 9.18 Å². The van der Waals surface area contributed by atoms with Gasteiger partial charge in [-0.05, 0) is 30.2 Å². The molecule has 0 bridgehead atoms. The van der Waals surface area contributed by atoms with Crippen LogP contribution in [-0.4, -0.2) is 17.4 Å². The topological polar surface area (TPSA) is 80.0 Å². The maximum atomic E-state index is 12.8. The lowest BCUT2D eigenvalue weighted by Gasteiger charge is -2.04. The van der Waals surface area contributed by atoms with Crippen molar-refractivity contribution in [2.24, 2.45) is 5.92 Å². The molecule has 0 spiro atoms. The number of amides is 1. The summed E-state index contributed by atoms with van der Waals surface area (Å²) in [7, 11) is 0. The fourth-order valence-corrected chi connectivity index (χ4v) is 2.37. The van der Waals surface area contributed by atoms with Gasteiger partial charge >= 0.3 is 0 Å². The third kappa shape index (κ3) is 4.16. The number of halogens is 1. The normalized spacial score (nSPS) is 10.7. The van der Waals surface area contributed by atoms with Gasteiger partial charge in [-0.2, -0.15) is 0 Å². The average molecular weight is 308 g/mol. The third-order valence-electron chi connectivity index (χ3n) is 2.62. The van der Waals surface area contributed by atoms with E-state index in [1.165, 1.54) is 35.6 Å². The van der Waals surface area contributed by atoms with E-state index < -0.39 is 0 Å². The van der Waals surface area contributed by atoms with Gasteiger partial charge in [0, 0.05) is 12.2 Å². The molecule has 0 saturated heterocycles. The van der Waals surface area contributed by atoms with Gasteiger partial charge in [0.25, 0.3) is 5.91 Å². The first kappa shape index (κ1) is 15.2. The van der Waals surface area contributed by atoms with Crippen LogP contribution in [0, 0.1) is 11.7 Å². The number of hydrogen-bond acceptors (Lipinski definition) is 5. The number of nitrogens with two attached hydrogens (primary N) is 1. The highest BCUT2D eigenvalue weighted by atomic mass is 32.1. The Bertz CT molecular complexity index is 624. The second-order valence-corrected chi connectivity index (χ2v) is 5.97. The van der Waals surface area contributed by atoms with E-state index in [1.807, 2.05) is 0 Å². The molecular weight excluding hydrogens is 291 g/mol. The van der Waals surface area contributed by atoms with Crippen LogP contribution in [0.2, 0.25) is 0 Å². The number of thiazole rings is 1. The van der Waals surface area contributed by atoms with Gasteiger partial charge < -0.3 is 16.4 Å². The zero-order chi connectivity index (χ0) is 15.4. The molecule has 0 aliphatic heterocycles. The minimum atomic E-state index is -0.356. The van der Waals surface area contributed by atoms with Crippen molar-refractivity contribution in [1.29, 1.82) is 0 Å².